The summed E-state index contributed by atoms with van der Waals surface area (Å²) in [5, 5.41) is 5.95. The van der Waals surface area contributed by atoms with E-state index in [4.69, 9.17) is 0 Å². The number of hydrogen-bond donors (Lipinski definition) is 2. The summed E-state index contributed by atoms with van der Waals surface area (Å²) in [5.41, 5.74) is 0. The fourth-order valence-corrected chi connectivity index (χ4v) is 2.12. The minimum absolute atomic E-state index is 0.0586. The van der Waals surface area contributed by atoms with Crippen molar-refractivity contribution in [2.24, 2.45) is 0 Å². The SMILES string of the molecule is CNC(=O)C(C)NC(C)CN1CCCC1. The number of rotatable bonds is 5. The Morgan fingerprint density at radius 2 is 1.93 bits per heavy atom. The van der Waals surface area contributed by atoms with Gasteiger partial charge in [-0.15, -0.1) is 0 Å². The molecule has 1 aliphatic heterocycles. The Balaban J connectivity index is 2.22. The van der Waals surface area contributed by atoms with Crippen molar-refractivity contribution in [1.82, 2.24) is 15.5 Å². The Hall–Kier alpha value is -0.610. The highest BCUT2D eigenvalue weighted by atomic mass is 16.2. The lowest BCUT2D eigenvalue weighted by Gasteiger charge is -2.23. The highest BCUT2D eigenvalue weighted by molar-refractivity contribution is 5.80. The van der Waals surface area contributed by atoms with Crippen molar-refractivity contribution in [3.63, 3.8) is 0 Å². The van der Waals surface area contributed by atoms with E-state index in [1.807, 2.05) is 6.92 Å². The normalized spacial score (nSPS) is 21.3. The van der Waals surface area contributed by atoms with Crippen LogP contribution in [0.2, 0.25) is 0 Å². The maximum Gasteiger partial charge on any atom is 0.236 e. The zero-order valence-electron chi connectivity index (χ0n) is 10.0. The number of hydrogen-bond acceptors (Lipinski definition) is 3. The van der Waals surface area contributed by atoms with Crippen molar-refractivity contribution >= 4 is 5.91 Å². The molecule has 0 spiro atoms. The number of carbonyl (C=O) groups is 1. The van der Waals surface area contributed by atoms with Crippen LogP contribution in [-0.4, -0.2) is 49.6 Å². The van der Waals surface area contributed by atoms with Crippen LogP contribution in [0, 0.1) is 0 Å². The second kappa shape index (κ2) is 6.08. The van der Waals surface area contributed by atoms with Crippen LogP contribution in [0.25, 0.3) is 0 Å². The fourth-order valence-electron chi connectivity index (χ4n) is 2.12. The predicted octanol–water partition coefficient (Wildman–Crippen LogP) is 0.195. The predicted molar refractivity (Wildman–Crippen MR) is 61.8 cm³/mol. The third-order valence-corrected chi connectivity index (χ3v) is 2.90. The van der Waals surface area contributed by atoms with E-state index in [1.54, 1.807) is 7.05 Å². The first-order chi connectivity index (χ1) is 7.13. The maximum atomic E-state index is 11.3. The lowest BCUT2D eigenvalue weighted by Crippen LogP contribution is -2.48. The maximum absolute atomic E-state index is 11.3. The van der Waals surface area contributed by atoms with E-state index in [1.165, 1.54) is 25.9 Å². The summed E-state index contributed by atoms with van der Waals surface area (Å²) in [6.45, 7) is 7.50. The molecule has 0 aromatic heterocycles. The minimum Gasteiger partial charge on any atom is -0.358 e. The zero-order chi connectivity index (χ0) is 11.3. The standard InChI is InChI=1S/C11H23N3O/c1-9(8-14-6-4-5-7-14)13-10(2)11(15)12-3/h9-10,13H,4-8H2,1-3H3,(H,12,15). The molecular weight excluding hydrogens is 190 g/mol. The van der Waals surface area contributed by atoms with E-state index in [-0.39, 0.29) is 11.9 Å². The van der Waals surface area contributed by atoms with Crippen molar-refractivity contribution in [2.75, 3.05) is 26.7 Å². The molecule has 2 unspecified atom stereocenters. The van der Waals surface area contributed by atoms with Gasteiger partial charge < -0.3 is 15.5 Å². The molecule has 1 rings (SSSR count). The molecule has 2 N–H and O–H groups in total. The van der Waals surface area contributed by atoms with Gasteiger partial charge in [0.1, 0.15) is 0 Å². The third kappa shape index (κ3) is 4.18. The van der Waals surface area contributed by atoms with Crippen molar-refractivity contribution in [3.05, 3.63) is 0 Å². The van der Waals surface area contributed by atoms with Crippen LogP contribution in [0.3, 0.4) is 0 Å². The molecule has 4 nitrogen and oxygen atoms in total. The number of likely N-dealkylation sites (tertiary alicyclic amines) is 1. The monoisotopic (exact) mass is 213 g/mol. The second-order valence-corrected chi connectivity index (χ2v) is 4.41. The van der Waals surface area contributed by atoms with Gasteiger partial charge in [0.05, 0.1) is 6.04 Å². The first kappa shape index (κ1) is 12.5. The molecule has 0 bridgehead atoms. The largest absolute Gasteiger partial charge is 0.358 e. The summed E-state index contributed by atoms with van der Waals surface area (Å²) in [5.74, 6) is 0.0586. The van der Waals surface area contributed by atoms with Crippen LogP contribution >= 0.6 is 0 Å². The molecule has 1 saturated heterocycles. The van der Waals surface area contributed by atoms with E-state index in [0.29, 0.717) is 6.04 Å². The minimum atomic E-state index is -0.104. The molecule has 0 aromatic rings. The van der Waals surface area contributed by atoms with Gasteiger partial charge in [-0.2, -0.15) is 0 Å². The van der Waals surface area contributed by atoms with Crippen molar-refractivity contribution < 1.29 is 4.79 Å². The van der Waals surface area contributed by atoms with Crippen LogP contribution in [-0.2, 0) is 4.79 Å². The van der Waals surface area contributed by atoms with Crippen molar-refractivity contribution in [1.29, 1.82) is 0 Å². The van der Waals surface area contributed by atoms with Gasteiger partial charge in [0.2, 0.25) is 5.91 Å². The van der Waals surface area contributed by atoms with Crippen LogP contribution in [0.1, 0.15) is 26.7 Å². The average Bonchev–Trinajstić information content (AvgIpc) is 2.68. The average molecular weight is 213 g/mol. The fraction of sp³-hybridized carbons (Fsp3) is 0.909. The lowest BCUT2D eigenvalue weighted by atomic mass is 10.2. The first-order valence-electron chi connectivity index (χ1n) is 5.83. The molecular formula is C11H23N3O. The van der Waals surface area contributed by atoms with Gasteiger partial charge in [0.15, 0.2) is 0 Å². The molecule has 0 saturated carbocycles. The van der Waals surface area contributed by atoms with Gasteiger partial charge in [-0.3, -0.25) is 4.79 Å². The van der Waals surface area contributed by atoms with Gasteiger partial charge >= 0.3 is 0 Å². The van der Waals surface area contributed by atoms with Crippen LogP contribution in [0.4, 0.5) is 0 Å². The Labute approximate surface area is 92.4 Å². The third-order valence-electron chi connectivity index (χ3n) is 2.90. The van der Waals surface area contributed by atoms with E-state index < -0.39 is 0 Å². The molecule has 88 valence electrons. The van der Waals surface area contributed by atoms with Gasteiger partial charge in [-0.25, -0.2) is 0 Å². The van der Waals surface area contributed by atoms with Crippen molar-refractivity contribution in [3.8, 4) is 0 Å². The Morgan fingerprint density at radius 3 is 2.47 bits per heavy atom. The molecule has 1 aliphatic rings. The second-order valence-electron chi connectivity index (χ2n) is 4.41. The molecule has 0 radical (unpaired) electrons. The summed E-state index contributed by atoms with van der Waals surface area (Å²) >= 11 is 0. The van der Waals surface area contributed by atoms with Gasteiger partial charge in [0, 0.05) is 19.6 Å². The van der Waals surface area contributed by atoms with Crippen molar-refractivity contribution in [2.45, 2.75) is 38.8 Å². The summed E-state index contributed by atoms with van der Waals surface area (Å²) < 4.78 is 0. The molecule has 1 amide bonds. The lowest BCUT2D eigenvalue weighted by molar-refractivity contribution is -0.122. The number of amides is 1. The van der Waals surface area contributed by atoms with E-state index in [9.17, 15) is 4.79 Å². The van der Waals surface area contributed by atoms with Gasteiger partial charge in [0.25, 0.3) is 0 Å². The molecule has 0 aromatic carbocycles. The molecule has 15 heavy (non-hydrogen) atoms. The highest BCUT2D eigenvalue weighted by Crippen LogP contribution is 2.07. The van der Waals surface area contributed by atoms with Gasteiger partial charge in [-0.1, -0.05) is 0 Å². The Morgan fingerprint density at radius 1 is 1.33 bits per heavy atom. The zero-order valence-corrected chi connectivity index (χ0v) is 10.0. The number of nitrogens with one attached hydrogen (secondary N) is 2. The molecule has 1 heterocycles. The van der Waals surface area contributed by atoms with Crippen LogP contribution in [0.5, 0.6) is 0 Å². The molecule has 2 atom stereocenters. The quantitative estimate of drug-likeness (QED) is 0.685. The molecule has 0 aliphatic carbocycles. The highest BCUT2D eigenvalue weighted by Gasteiger charge is 2.17. The number of carbonyl (C=O) groups excluding carboxylic acids is 1. The summed E-state index contributed by atoms with van der Waals surface area (Å²) in [6.07, 6.45) is 2.63. The topological polar surface area (TPSA) is 44.4 Å². The smallest absolute Gasteiger partial charge is 0.236 e. The first-order valence-corrected chi connectivity index (χ1v) is 5.83. The number of nitrogens with zero attached hydrogens (tertiary/aromatic N) is 1. The molecule has 1 fully saturated rings. The summed E-state index contributed by atoms with van der Waals surface area (Å²) in [7, 11) is 1.67. The van der Waals surface area contributed by atoms with E-state index >= 15 is 0 Å². The molecule has 4 heteroatoms. The summed E-state index contributed by atoms with van der Waals surface area (Å²) in [4.78, 5) is 13.7. The van der Waals surface area contributed by atoms with E-state index in [0.717, 1.165) is 6.54 Å². The Bertz CT molecular complexity index is 202. The van der Waals surface area contributed by atoms with Gasteiger partial charge in [-0.05, 0) is 39.8 Å². The van der Waals surface area contributed by atoms with Crippen LogP contribution in [0.15, 0.2) is 0 Å². The number of likely N-dealkylation sites (N-methyl/N-ethyl adjacent to an activating group) is 1. The Kier molecular flexibility index (Phi) is 5.05. The summed E-state index contributed by atoms with van der Waals surface area (Å²) in [6, 6.07) is 0.267. The van der Waals surface area contributed by atoms with E-state index in [2.05, 4.69) is 22.5 Å². The van der Waals surface area contributed by atoms with Crippen LogP contribution < -0.4 is 10.6 Å².